The first-order valence-electron chi connectivity index (χ1n) is 5.50. The molecule has 3 heterocycles. The predicted octanol–water partition coefficient (Wildman–Crippen LogP) is -0.402. The Bertz CT molecular complexity index is 377. The van der Waals surface area contributed by atoms with Crippen LogP contribution in [0, 0.1) is 0 Å². The Balaban J connectivity index is 1.92. The molecule has 82 valence electrons. The average Bonchev–Trinajstić information content (AvgIpc) is 2.52. The Labute approximate surface area is 89.2 Å². The first-order chi connectivity index (χ1) is 7.25. The van der Waals surface area contributed by atoms with Gasteiger partial charge in [0.2, 0.25) is 0 Å². The number of anilines is 1. The van der Waals surface area contributed by atoms with Crippen LogP contribution in [0.5, 0.6) is 0 Å². The fourth-order valence-electron chi connectivity index (χ4n) is 2.46. The molecule has 0 unspecified atom stereocenters. The molecule has 5 heteroatoms. The number of likely N-dealkylation sites (N-methyl/N-ethyl adjacent to an activating group) is 1. The highest BCUT2D eigenvalue weighted by Gasteiger charge is 2.29. The van der Waals surface area contributed by atoms with E-state index >= 15 is 0 Å². The first-order valence-corrected chi connectivity index (χ1v) is 5.50. The Morgan fingerprint density at radius 1 is 1.47 bits per heavy atom. The molecule has 0 atom stereocenters. The summed E-state index contributed by atoms with van der Waals surface area (Å²) in [6.07, 6.45) is 1.02. The first kappa shape index (κ1) is 9.18. The number of likely N-dealkylation sites (tertiary alicyclic amines) is 1. The SMILES string of the molecule is CN1CC(n2nc3c(c2N)CCNC3)C1. The van der Waals surface area contributed by atoms with Crippen molar-refractivity contribution in [1.29, 1.82) is 0 Å². The number of rotatable bonds is 1. The standard InChI is InChI=1S/C10H17N5/c1-14-5-7(6-14)15-10(11)8-2-3-12-4-9(8)13-15/h7,12H,2-6,11H2,1H3. The number of hydrogen-bond acceptors (Lipinski definition) is 4. The molecule has 3 rings (SSSR count). The number of nitrogens with one attached hydrogen (secondary N) is 1. The molecule has 2 aliphatic heterocycles. The maximum atomic E-state index is 6.13. The van der Waals surface area contributed by atoms with Gasteiger partial charge < -0.3 is 16.0 Å². The lowest BCUT2D eigenvalue weighted by molar-refractivity contribution is 0.132. The molecule has 0 amide bonds. The number of hydrogen-bond donors (Lipinski definition) is 2. The van der Waals surface area contributed by atoms with Crippen LogP contribution in [0.4, 0.5) is 5.82 Å². The highest BCUT2D eigenvalue weighted by Crippen LogP contribution is 2.27. The molecule has 0 radical (unpaired) electrons. The van der Waals surface area contributed by atoms with E-state index in [1.807, 2.05) is 4.68 Å². The number of nitrogens with two attached hydrogens (primary N) is 1. The Morgan fingerprint density at radius 2 is 2.27 bits per heavy atom. The lowest BCUT2D eigenvalue weighted by atomic mass is 10.1. The molecule has 0 saturated carbocycles. The summed E-state index contributed by atoms with van der Waals surface area (Å²) in [6, 6.07) is 0.487. The summed E-state index contributed by atoms with van der Waals surface area (Å²) in [6.45, 7) is 4.03. The van der Waals surface area contributed by atoms with Gasteiger partial charge in [0, 0.05) is 25.2 Å². The van der Waals surface area contributed by atoms with Gasteiger partial charge in [-0.3, -0.25) is 0 Å². The van der Waals surface area contributed by atoms with E-state index in [9.17, 15) is 0 Å². The van der Waals surface area contributed by atoms with Crippen LogP contribution in [0.2, 0.25) is 0 Å². The number of nitrogen functional groups attached to an aromatic ring is 1. The molecule has 0 aliphatic carbocycles. The van der Waals surface area contributed by atoms with Crippen LogP contribution < -0.4 is 11.1 Å². The molecule has 3 N–H and O–H groups in total. The minimum atomic E-state index is 0.487. The van der Waals surface area contributed by atoms with E-state index in [0.29, 0.717) is 6.04 Å². The smallest absolute Gasteiger partial charge is 0.125 e. The van der Waals surface area contributed by atoms with Crippen molar-refractivity contribution in [2.24, 2.45) is 0 Å². The second-order valence-electron chi connectivity index (χ2n) is 4.56. The summed E-state index contributed by atoms with van der Waals surface area (Å²) in [7, 11) is 2.12. The van der Waals surface area contributed by atoms with Crippen LogP contribution in [-0.2, 0) is 13.0 Å². The van der Waals surface area contributed by atoms with Crippen LogP contribution in [0.3, 0.4) is 0 Å². The third-order valence-electron chi connectivity index (χ3n) is 3.37. The van der Waals surface area contributed by atoms with Crippen LogP contribution in [0.1, 0.15) is 17.3 Å². The second kappa shape index (κ2) is 3.21. The van der Waals surface area contributed by atoms with Gasteiger partial charge in [-0.05, 0) is 20.0 Å². The van der Waals surface area contributed by atoms with E-state index in [1.165, 1.54) is 5.56 Å². The van der Waals surface area contributed by atoms with E-state index < -0.39 is 0 Å². The highest BCUT2D eigenvalue weighted by atomic mass is 15.4. The molecular formula is C10H17N5. The second-order valence-corrected chi connectivity index (χ2v) is 4.56. The largest absolute Gasteiger partial charge is 0.384 e. The monoisotopic (exact) mass is 207 g/mol. The van der Waals surface area contributed by atoms with Crippen molar-refractivity contribution >= 4 is 5.82 Å². The van der Waals surface area contributed by atoms with Crippen molar-refractivity contribution in [2.45, 2.75) is 19.0 Å². The quantitative estimate of drug-likeness (QED) is 0.658. The lowest BCUT2D eigenvalue weighted by Crippen LogP contribution is -2.45. The molecule has 2 aliphatic rings. The molecule has 0 spiro atoms. The lowest BCUT2D eigenvalue weighted by Gasteiger charge is -2.36. The molecule has 0 bridgehead atoms. The maximum Gasteiger partial charge on any atom is 0.125 e. The van der Waals surface area contributed by atoms with Gasteiger partial charge in [0.1, 0.15) is 5.82 Å². The zero-order valence-electron chi connectivity index (χ0n) is 9.03. The normalized spacial score (nSPS) is 22.5. The van der Waals surface area contributed by atoms with E-state index in [1.54, 1.807) is 0 Å². The summed E-state index contributed by atoms with van der Waals surface area (Å²) in [5, 5.41) is 7.93. The zero-order valence-corrected chi connectivity index (χ0v) is 9.03. The molecule has 1 fully saturated rings. The molecule has 1 aromatic rings. The fraction of sp³-hybridized carbons (Fsp3) is 0.700. The zero-order chi connectivity index (χ0) is 10.4. The van der Waals surface area contributed by atoms with Crippen molar-refractivity contribution in [3.8, 4) is 0 Å². The van der Waals surface area contributed by atoms with E-state index in [-0.39, 0.29) is 0 Å². The van der Waals surface area contributed by atoms with Gasteiger partial charge in [-0.1, -0.05) is 0 Å². The van der Waals surface area contributed by atoms with Crippen LogP contribution >= 0.6 is 0 Å². The van der Waals surface area contributed by atoms with Crippen molar-refractivity contribution in [2.75, 3.05) is 32.4 Å². The average molecular weight is 207 g/mol. The Morgan fingerprint density at radius 3 is 2.93 bits per heavy atom. The number of fused-ring (bicyclic) bond motifs is 1. The van der Waals surface area contributed by atoms with Gasteiger partial charge in [-0.2, -0.15) is 5.10 Å². The molecule has 0 aromatic carbocycles. The van der Waals surface area contributed by atoms with Crippen molar-refractivity contribution < 1.29 is 0 Å². The van der Waals surface area contributed by atoms with Crippen LogP contribution in [0.15, 0.2) is 0 Å². The van der Waals surface area contributed by atoms with Gasteiger partial charge in [0.15, 0.2) is 0 Å². The molecule has 5 nitrogen and oxygen atoms in total. The highest BCUT2D eigenvalue weighted by molar-refractivity contribution is 5.45. The van der Waals surface area contributed by atoms with Gasteiger partial charge in [-0.15, -0.1) is 0 Å². The third-order valence-corrected chi connectivity index (χ3v) is 3.37. The summed E-state index contributed by atoms with van der Waals surface area (Å²) in [5.41, 5.74) is 8.55. The van der Waals surface area contributed by atoms with Crippen LogP contribution in [0.25, 0.3) is 0 Å². The van der Waals surface area contributed by atoms with Crippen LogP contribution in [-0.4, -0.2) is 41.4 Å². The molecule has 1 aromatic heterocycles. The fourth-order valence-corrected chi connectivity index (χ4v) is 2.46. The van der Waals surface area contributed by atoms with E-state index in [0.717, 1.165) is 44.1 Å². The van der Waals surface area contributed by atoms with Crippen molar-refractivity contribution in [3.63, 3.8) is 0 Å². The Kier molecular flexibility index (Phi) is 1.97. The van der Waals surface area contributed by atoms with Gasteiger partial charge in [-0.25, -0.2) is 4.68 Å². The van der Waals surface area contributed by atoms with Gasteiger partial charge in [0.05, 0.1) is 11.7 Å². The minimum absolute atomic E-state index is 0.487. The maximum absolute atomic E-state index is 6.13. The number of aromatic nitrogens is 2. The predicted molar refractivity (Wildman–Crippen MR) is 58.6 cm³/mol. The summed E-state index contributed by atoms with van der Waals surface area (Å²) in [5.74, 6) is 0.893. The summed E-state index contributed by atoms with van der Waals surface area (Å²) < 4.78 is 2.03. The molecular weight excluding hydrogens is 190 g/mol. The summed E-state index contributed by atoms with van der Waals surface area (Å²) in [4.78, 5) is 2.28. The molecule has 1 saturated heterocycles. The minimum Gasteiger partial charge on any atom is -0.384 e. The van der Waals surface area contributed by atoms with Gasteiger partial charge in [0.25, 0.3) is 0 Å². The van der Waals surface area contributed by atoms with Crippen molar-refractivity contribution in [1.82, 2.24) is 20.0 Å². The Hall–Kier alpha value is -1.07. The third kappa shape index (κ3) is 1.34. The van der Waals surface area contributed by atoms with Gasteiger partial charge >= 0.3 is 0 Å². The summed E-state index contributed by atoms with van der Waals surface area (Å²) >= 11 is 0. The van der Waals surface area contributed by atoms with E-state index in [2.05, 4.69) is 22.4 Å². The van der Waals surface area contributed by atoms with E-state index in [4.69, 9.17) is 5.73 Å². The van der Waals surface area contributed by atoms with Crippen molar-refractivity contribution in [3.05, 3.63) is 11.3 Å². The topological polar surface area (TPSA) is 59.1 Å². The number of nitrogens with zero attached hydrogens (tertiary/aromatic N) is 3. The molecule has 15 heavy (non-hydrogen) atoms.